The second-order valence-electron chi connectivity index (χ2n) is 20.1. The third-order valence-electron chi connectivity index (χ3n) is 14.1. The second kappa shape index (κ2) is 40.6. The topological polar surface area (TPSA) is 228 Å². The van der Waals surface area contributed by atoms with E-state index in [-0.39, 0.29) is 12.5 Å². The first-order chi connectivity index (χ1) is 32.6. The largest absolute Gasteiger partial charge is 0.394 e. The lowest BCUT2D eigenvalue weighted by atomic mass is 9.97. The van der Waals surface area contributed by atoms with Crippen molar-refractivity contribution in [1.82, 2.24) is 5.32 Å². The molecule has 2 aliphatic heterocycles. The molecule has 1 amide bonds. The van der Waals surface area contributed by atoms with Crippen molar-refractivity contribution in [2.45, 2.75) is 312 Å². The van der Waals surface area contributed by atoms with Crippen molar-refractivity contribution in [3.05, 3.63) is 0 Å². The van der Waals surface area contributed by atoms with Gasteiger partial charge in [0.15, 0.2) is 12.6 Å². The zero-order valence-electron chi connectivity index (χ0n) is 42.4. The summed E-state index contributed by atoms with van der Waals surface area (Å²) in [5.74, 6) is -0.211. The lowest BCUT2D eigenvalue weighted by molar-refractivity contribution is -0.359. The van der Waals surface area contributed by atoms with Crippen molar-refractivity contribution < 1.29 is 64.6 Å². The number of amides is 1. The Bertz CT molecular complexity index is 1140. The Balaban J connectivity index is 1.54. The molecular weight excluding hydrogens is 859 g/mol. The highest BCUT2D eigenvalue weighted by Crippen LogP contribution is 2.30. The van der Waals surface area contributed by atoms with Crippen molar-refractivity contribution >= 4 is 5.91 Å². The third kappa shape index (κ3) is 27.4. The summed E-state index contributed by atoms with van der Waals surface area (Å²) < 4.78 is 22.6. The summed E-state index contributed by atoms with van der Waals surface area (Å²) in [7, 11) is 0. The minimum atomic E-state index is -1.78. The van der Waals surface area contributed by atoms with Gasteiger partial charge in [-0.3, -0.25) is 4.79 Å². The Labute approximate surface area is 406 Å². The van der Waals surface area contributed by atoms with E-state index < -0.39 is 86.8 Å². The number of rotatable bonds is 44. The monoisotopic (exact) mass is 962 g/mol. The quantitative estimate of drug-likeness (QED) is 0.0263. The molecule has 0 radical (unpaired) electrons. The van der Waals surface area contributed by atoms with E-state index in [4.69, 9.17) is 18.9 Å². The lowest BCUT2D eigenvalue weighted by Gasteiger charge is -2.46. The molecule has 0 bridgehead atoms. The Morgan fingerprint density at radius 2 is 0.851 bits per heavy atom. The average Bonchev–Trinajstić information content (AvgIpc) is 3.33. The SMILES string of the molecule is CCCCCCCCCCCCCCCCCCCCCCCCCCCCCCCC(=O)NC(COC1OC(CO)C(OC2OC(CO)C(O)C(O)C2O)C(O)C1O)C(O)CCCCCC. The van der Waals surface area contributed by atoms with Gasteiger partial charge in [0.25, 0.3) is 0 Å². The van der Waals surface area contributed by atoms with Gasteiger partial charge < -0.3 is 65.1 Å². The van der Waals surface area contributed by atoms with Crippen LogP contribution >= 0.6 is 0 Å². The van der Waals surface area contributed by atoms with E-state index in [2.05, 4.69) is 19.2 Å². The van der Waals surface area contributed by atoms with Crippen LogP contribution in [0, 0.1) is 0 Å². The van der Waals surface area contributed by atoms with Crippen LogP contribution < -0.4 is 5.32 Å². The molecule has 0 aromatic heterocycles. The maximum absolute atomic E-state index is 13.1. The molecule has 67 heavy (non-hydrogen) atoms. The van der Waals surface area contributed by atoms with Crippen LogP contribution in [0.15, 0.2) is 0 Å². The Morgan fingerprint density at radius 1 is 0.478 bits per heavy atom. The first kappa shape index (κ1) is 62.1. The number of aliphatic hydroxyl groups is 8. The van der Waals surface area contributed by atoms with E-state index in [1.165, 1.54) is 161 Å². The predicted octanol–water partition coefficient (Wildman–Crippen LogP) is 8.17. The second-order valence-corrected chi connectivity index (χ2v) is 20.1. The normalized spacial score (nSPS) is 26.5. The van der Waals surface area contributed by atoms with Gasteiger partial charge in [0.1, 0.15) is 48.8 Å². The number of ether oxygens (including phenoxy) is 4. The van der Waals surface area contributed by atoms with E-state index in [0.717, 1.165) is 51.4 Å². The highest BCUT2D eigenvalue weighted by molar-refractivity contribution is 5.76. The van der Waals surface area contributed by atoms with Gasteiger partial charge in [-0.25, -0.2) is 0 Å². The fourth-order valence-corrected chi connectivity index (χ4v) is 9.53. The van der Waals surface area contributed by atoms with E-state index in [1.807, 2.05) is 0 Å². The molecule has 0 aliphatic carbocycles. The molecule has 12 atom stereocenters. The molecule has 14 heteroatoms. The van der Waals surface area contributed by atoms with Crippen molar-refractivity contribution in [2.24, 2.45) is 0 Å². The first-order valence-electron chi connectivity index (χ1n) is 27.8. The Kier molecular flexibility index (Phi) is 37.6. The molecule has 398 valence electrons. The Morgan fingerprint density at radius 3 is 1.27 bits per heavy atom. The molecule has 12 unspecified atom stereocenters. The van der Waals surface area contributed by atoms with Gasteiger partial charge in [-0.05, 0) is 12.8 Å². The van der Waals surface area contributed by atoms with Gasteiger partial charge in [-0.1, -0.05) is 219 Å². The van der Waals surface area contributed by atoms with Crippen molar-refractivity contribution in [1.29, 1.82) is 0 Å². The maximum Gasteiger partial charge on any atom is 0.220 e. The molecule has 2 saturated heterocycles. The number of nitrogens with one attached hydrogen (secondary N) is 1. The van der Waals surface area contributed by atoms with Crippen LogP contribution in [0.5, 0.6) is 0 Å². The summed E-state index contributed by atoms with van der Waals surface area (Å²) in [4.78, 5) is 13.1. The minimum Gasteiger partial charge on any atom is -0.394 e. The first-order valence-corrected chi connectivity index (χ1v) is 27.8. The molecular formula is C53H103NO13. The summed E-state index contributed by atoms with van der Waals surface area (Å²) in [6.45, 7) is 2.74. The molecule has 2 heterocycles. The molecule has 0 saturated carbocycles. The summed E-state index contributed by atoms with van der Waals surface area (Å²) >= 11 is 0. The number of unbranched alkanes of at least 4 members (excludes halogenated alkanes) is 31. The van der Waals surface area contributed by atoms with Crippen LogP contribution in [0.4, 0.5) is 0 Å². The molecule has 0 aromatic rings. The molecule has 2 fully saturated rings. The minimum absolute atomic E-state index is 0.211. The fraction of sp³-hybridized carbons (Fsp3) is 0.981. The summed E-state index contributed by atoms with van der Waals surface area (Å²) in [5, 5.41) is 86.3. The molecule has 9 N–H and O–H groups in total. The van der Waals surface area contributed by atoms with Gasteiger partial charge in [0, 0.05) is 6.42 Å². The van der Waals surface area contributed by atoms with Crippen LogP contribution in [0.1, 0.15) is 239 Å². The van der Waals surface area contributed by atoms with E-state index in [9.17, 15) is 45.6 Å². The fourth-order valence-electron chi connectivity index (χ4n) is 9.53. The highest BCUT2D eigenvalue weighted by atomic mass is 16.7. The number of aliphatic hydroxyl groups excluding tert-OH is 8. The highest BCUT2D eigenvalue weighted by Gasteiger charge is 2.51. The summed E-state index contributed by atoms with van der Waals surface area (Å²) in [6, 6.07) is -0.818. The van der Waals surface area contributed by atoms with Crippen LogP contribution in [0.25, 0.3) is 0 Å². The van der Waals surface area contributed by atoms with Crippen molar-refractivity contribution in [3.63, 3.8) is 0 Å². The van der Waals surface area contributed by atoms with Crippen LogP contribution in [0.2, 0.25) is 0 Å². The number of carbonyl (C=O) groups excluding carboxylic acids is 1. The molecule has 0 aromatic carbocycles. The van der Waals surface area contributed by atoms with Gasteiger partial charge in [-0.2, -0.15) is 0 Å². The molecule has 2 rings (SSSR count). The van der Waals surface area contributed by atoms with Gasteiger partial charge in [0.2, 0.25) is 5.91 Å². The van der Waals surface area contributed by atoms with E-state index in [0.29, 0.717) is 12.8 Å². The zero-order valence-corrected chi connectivity index (χ0v) is 42.4. The number of hydrogen-bond acceptors (Lipinski definition) is 13. The Hall–Kier alpha value is -1.01. The molecule has 2 aliphatic rings. The zero-order chi connectivity index (χ0) is 48.9. The standard InChI is InChI=1S/C53H103NO13/c1-3-5-7-9-10-11-12-13-14-15-16-17-18-19-20-21-22-23-24-25-26-27-28-29-30-31-32-33-35-37-45(58)54-41(42(57)36-34-8-6-4-2)40-64-52-50(63)48(61)51(44(39-56)66-52)67-53-49(62)47(60)46(59)43(38-55)65-53/h41-44,46-53,55-57,59-63H,3-40H2,1-2H3,(H,54,58). The molecule has 14 nitrogen and oxygen atoms in total. The average molecular weight is 962 g/mol. The van der Waals surface area contributed by atoms with Gasteiger partial charge in [0.05, 0.1) is 32.0 Å². The lowest BCUT2D eigenvalue weighted by Crippen LogP contribution is -2.65. The molecule has 0 spiro atoms. The number of hydrogen-bond donors (Lipinski definition) is 9. The van der Waals surface area contributed by atoms with Gasteiger partial charge >= 0.3 is 0 Å². The van der Waals surface area contributed by atoms with Crippen LogP contribution in [0.3, 0.4) is 0 Å². The summed E-state index contributed by atoms with van der Waals surface area (Å²) in [5.41, 5.74) is 0. The van der Waals surface area contributed by atoms with Crippen molar-refractivity contribution in [2.75, 3.05) is 19.8 Å². The van der Waals surface area contributed by atoms with E-state index in [1.54, 1.807) is 0 Å². The summed E-state index contributed by atoms with van der Waals surface area (Å²) in [6.07, 6.45) is 26.5. The third-order valence-corrected chi connectivity index (χ3v) is 14.1. The van der Waals surface area contributed by atoms with Crippen LogP contribution in [-0.2, 0) is 23.7 Å². The maximum atomic E-state index is 13.1. The van der Waals surface area contributed by atoms with E-state index >= 15 is 0 Å². The predicted molar refractivity (Wildman–Crippen MR) is 263 cm³/mol. The number of carbonyl (C=O) groups is 1. The van der Waals surface area contributed by atoms with Crippen LogP contribution in [-0.4, -0.2) is 140 Å². The van der Waals surface area contributed by atoms with Crippen molar-refractivity contribution in [3.8, 4) is 0 Å². The smallest absolute Gasteiger partial charge is 0.220 e. The van der Waals surface area contributed by atoms with Gasteiger partial charge in [-0.15, -0.1) is 0 Å².